The number of urea groups is 1. The normalized spacial score (nSPS) is 11.3. The highest BCUT2D eigenvalue weighted by molar-refractivity contribution is 5.90. The first-order chi connectivity index (χ1) is 9.86. The fourth-order valence-corrected chi connectivity index (χ4v) is 1.82. The zero-order chi connectivity index (χ0) is 15.9. The van der Waals surface area contributed by atoms with Crippen LogP contribution in [0.1, 0.15) is 24.8 Å². The molecule has 21 heavy (non-hydrogen) atoms. The quantitative estimate of drug-likeness (QED) is 0.792. The van der Waals surface area contributed by atoms with Gasteiger partial charge in [0.15, 0.2) is 0 Å². The molecule has 0 atom stereocenters. The number of halogens is 3. The van der Waals surface area contributed by atoms with Crippen molar-refractivity contribution in [3.63, 3.8) is 0 Å². The number of hydrogen-bond acceptors (Lipinski definition) is 2. The summed E-state index contributed by atoms with van der Waals surface area (Å²) in [5, 5.41) is 2.30. The molecule has 0 aliphatic rings. The number of unbranched alkanes of at least 4 members (excludes halogenated alkanes) is 2. The van der Waals surface area contributed by atoms with Crippen LogP contribution in [0.4, 0.5) is 23.7 Å². The van der Waals surface area contributed by atoms with Crippen molar-refractivity contribution in [2.75, 3.05) is 25.5 Å². The van der Waals surface area contributed by atoms with Gasteiger partial charge in [-0.05, 0) is 31.5 Å². The Kier molecular flexibility index (Phi) is 6.48. The minimum Gasteiger partial charge on any atom is -0.330 e. The van der Waals surface area contributed by atoms with Crippen molar-refractivity contribution in [3.8, 4) is 0 Å². The smallest absolute Gasteiger partial charge is 0.330 e. The molecule has 0 heterocycles. The maximum Gasteiger partial charge on any atom is 0.418 e. The van der Waals surface area contributed by atoms with Crippen molar-refractivity contribution in [2.45, 2.75) is 25.4 Å². The highest BCUT2D eigenvalue weighted by Gasteiger charge is 2.33. The molecule has 0 spiro atoms. The van der Waals surface area contributed by atoms with Crippen LogP contribution < -0.4 is 11.1 Å². The van der Waals surface area contributed by atoms with Gasteiger partial charge in [0.25, 0.3) is 0 Å². The molecule has 0 aliphatic heterocycles. The zero-order valence-electron chi connectivity index (χ0n) is 11.9. The summed E-state index contributed by atoms with van der Waals surface area (Å²) in [6, 6.07) is 4.36. The predicted octanol–water partition coefficient (Wildman–Crippen LogP) is 3.30. The molecule has 7 heteroatoms. The van der Waals surface area contributed by atoms with E-state index in [1.807, 2.05) is 0 Å². The van der Waals surface area contributed by atoms with Crippen LogP contribution in [-0.4, -0.2) is 31.1 Å². The average Bonchev–Trinajstić information content (AvgIpc) is 2.42. The van der Waals surface area contributed by atoms with Crippen LogP contribution in [0, 0.1) is 0 Å². The molecule has 0 aliphatic carbocycles. The molecule has 1 aromatic carbocycles. The van der Waals surface area contributed by atoms with E-state index in [0.29, 0.717) is 13.1 Å². The highest BCUT2D eigenvalue weighted by Crippen LogP contribution is 2.34. The lowest BCUT2D eigenvalue weighted by molar-refractivity contribution is -0.136. The second-order valence-electron chi connectivity index (χ2n) is 4.74. The number of nitrogens with two attached hydrogens (primary N) is 1. The van der Waals surface area contributed by atoms with Gasteiger partial charge in [0, 0.05) is 13.6 Å². The summed E-state index contributed by atoms with van der Waals surface area (Å²) < 4.78 is 38.4. The number of benzene rings is 1. The molecule has 118 valence electrons. The second-order valence-corrected chi connectivity index (χ2v) is 4.74. The lowest BCUT2D eigenvalue weighted by atomic mass is 10.1. The largest absolute Gasteiger partial charge is 0.418 e. The number of rotatable bonds is 6. The fraction of sp³-hybridized carbons (Fsp3) is 0.500. The van der Waals surface area contributed by atoms with E-state index in [1.54, 1.807) is 7.05 Å². The maximum atomic E-state index is 12.8. The SMILES string of the molecule is CN(CCCCCN)C(=O)Nc1ccccc1C(F)(F)F. The molecule has 0 saturated heterocycles. The molecular weight excluding hydrogens is 283 g/mol. The summed E-state index contributed by atoms with van der Waals surface area (Å²) in [6.07, 6.45) is -1.98. The van der Waals surface area contributed by atoms with E-state index < -0.39 is 17.8 Å². The number of anilines is 1. The van der Waals surface area contributed by atoms with Crippen LogP contribution in [0.15, 0.2) is 24.3 Å². The first-order valence-electron chi connectivity index (χ1n) is 6.74. The van der Waals surface area contributed by atoms with Crippen LogP contribution in [-0.2, 0) is 6.18 Å². The molecule has 4 nitrogen and oxygen atoms in total. The number of nitrogens with one attached hydrogen (secondary N) is 1. The van der Waals surface area contributed by atoms with Crippen LogP contribution in [0.3, 0.4) is 0 Å². The van der Waals surface area contributed by atoms with Gasteiger partial charge < -0.3 is 16.0 Å². The molecular formula is C14H20F3N3O. The first-order valence-corrected chi connectivity index (χ1v) is 6.74. The number of hydrogen-bond donors (Lipinski definition) is 2. The molecule has 0 radical (unpaired) electrons. The third-order valence-electron chi connectivity index (χ3n) is 3.02. The van der Waals surface area contributed by atoms with Gasteiger partial charge in [-0.15, -0.1) is 0 Å². The fourth-order valence-electron chi connectivity index (χ4n) is 1.82. The van der Waals surface area contributed by atoms with Gasteiger partial charge >= 0.3 is 12.2 Å². The van der Waals surface area contributed by atoms with Crippen molar-refractivity contribution < 1.29 is 18.0 Å². The van der Waals surface area contributed by atoms with Gasteiger partial charge in [-0.25, -0.2) is 4.79 Å². The van der Waals surface area contributed by atoms with Crippen molar-refractivity contribution in [2.24, 2.45) is 5.73 Å². The number of carbonyl (C=O) groups excluding carboxylic acids is 1. The monoisotopic (exact) mass is 303 g/mol. The Hall–Kier alpha value is -1.76. The third kappa shape index (κ3) is 5.63. The van der Waals surface area contributed by atoms with Crippen LogP contribution in [0.5, 0.6) is 0 Å². The molecule has 0 saturated carbocycles. The number of nitrogens with zero attached hydrogens (tertiary/aromatic N) is 1. The lowest BCUT2D eigenvalue weighted by Gasteiger charge is -2.20. The Labute approximate surface area is 122 Å². The number of amides is 2. The van der Waals surface area contributed by atoms with Gasteiger partial charge in [0.2, 0.25) is 0 Å². The minimum absolute atomic E-state index is 0.233. The topological polar surface area (TPSA) is 58.4 Å². The Bertz CT molecular complexity index is 463. The molecule has 0 unspecified atom stereocenters. The van der Waals surface area contributed by atoms with E-state index >= 15 is 0 Å². The molecule has 0 bridgehead atoms. The Balaban J connectivity index is 2.62. The second kappa shape index (κ2) is 7.87. The van der Waals surface area contributed by atoms with Gasteiger partial charge in [-0.3, -0.25) is 0 Å². The van der Waals surface area contributed by atoms with Gasteiger partial charge in [0.1, 0.15) is 0 Å². The lowest BCUT2D eigenvalue weighted by Crippen LogP contribution is -2.32. The van der Waals surface area contributed by atoms with E-state index in [-0.39, 0.29) is 5.69 Å². The Morgan fingerprint density at radius 2 is 1.90 bits per heavy atom. The van der Waals surface area contributed by atoms with Gasteiger partial charge in [0.05, 0.1) is 11.3 Å². The zero-order valence-corrected chi connectivity index (χ0v) is 11.9. The van der Waals surface area contributed by atoms with Crippen LogP contribution in [0.2, 0.25) is 0 Å². The summed E-state index contributed by atoms with van der Waals surface area (Å²) in [5.74, 6) is 0. The summed E-state index contributed by atoms with van der Waals surface area (Å²) in [7, 11) is 1.55. The molecule has 2 amide bonds. The summed E-state index contributed by atoms with van der Waals surface area (Å²) in [5.41, 5.74) is 4.28. The van der Waals surface area contributed by atoms with E-state index in [4.69, 9.17) is 5.73 Å². The van der Waals surface area contributed by atoms with Crippen LogP contribution in [0.25, 0.3) is 0 Å². The van der Waals surface area contributed by atoms with E-state index in [9.17, 15) is 18.0 Å². The van der Waals surface area contributed by atoms with Crippen LogP contribution >= 0.6 is 0 Å². The molecule has 1 rings (SSSR count). The number of alkyl halides is 3. The molecule has 3 N–H and O–H groups in total. The van der Waals surface area contributed by atoms with Crippen molar-refractivity contribution in [3.05, 3.63) is 29.8 Å². The van der Waals surface area contributed by atoms with Gasteiger partial charge in [-0.2, -0.15) is 13.2 Å². The van der Waals surface area contributed by atoms with Gasteiger partial charge in [-0.1, -0.05) is 18.6 Å². The maximum absolute atomic E-state index is 12.8. The summed E-state index contributed by atoms with van der Waals surface area (Å²) in [4.78, 5) is 13.2. The Morgan fingerprint density at radius 1 is 1.24 bits per heavy atom. The predicted molar refractivity (Wildman–Crippen MR) is 76.0 cm³/mol. The Morgan fingerprint density at radius 3 is 2.52 bits per heavy atom. The minimum atomic E-state index is -4.50. The summed E-state index contributed by atoms with van der Waals surface area (Å²) >= 11 is 0. The molecule has 1 aromatic rings. The number of para-hydroxylation sites is 1. The number of carbonyl (C=O) groups is 1. The first kappa shape index (κ1) is 17.3. The van der Waals surface area contributed by atoms with Crippen molar-refractivity contribution >= 4 is 11.7 Å². The average molecular weight is 303 g/mol. The van der Waals surface area contributed by atoms with E-state index in [1.165, 1.54) is 23.1 Å². The third-order valence-corrected chi connectivity index (χ3v) is 3.02. The summed E-state index contributed by atoms with van der Waals surface area (Å²) in [6.45, 7) is 1.06. The van der Waals surface area contributed by atoms with Crippen molar-refractivity contribution in [1.82, 2.24) is 4.90 Å². The van der Waals surface area contributed by atoms with Crippen molar-refractivity contribution in [1.29, 1.82) is 0 Å². The van der Waals surface area contributed by atoms with E-state index in [2.05, 4.69) is 5.32 Å². The standard InChI is InChI=1S/C14H20F3N3O/c1-20(10-6-2-5-9-18)13(21)19-12-8-4-3-7-11(12)14(15,16)17/h3-4,7-8H,2,5-6,9-10,18H2,1H3,(H,19,21). The molecule has 0 fully saturated rings. The molecule has 0 aromatic heterocycles. The highest BCUT2D eigenvalue weighted by atomic mass is 19.4. The van der Waals surface area contributed by atoms with E-state index in [0.717, 1.165) is 25.3 Å².